The number of rotatable bonds is 7. The number of nitrogens with zero attached hydrogens (tertiary/aromatic N) is 1. The number of likely N-dealkylation sites (N-methyl/N-ethyl adjacent to an activating group) is 1. The second-order valence-corrected chi connectivity index (χ2v) is 6.28. The van der Waals surface area contributed by atoms with Crippen LogP contribution < -0.4 is 0 Å². The SMILES string of the molecule is CN(CCC(=O)c1cccc(Cl)c1)CCc1cccs1. The topological polar surface area (TPSA) is 20.3 Å². The van der Waals surface area contributed by atoms with E-state index in [0.29, 0.717) is 17.0 Å². The molecular formula is C16H18ClNOS. The molecular weight excluding hydrogens is 290 g/mol. The van der Waals surface area contributed by atoms with Crippen LogP contribution in [-0.4, -0.2) is 30.8 Å². The average molecular weight is 308 g/mol. The van der Waals surface area contributed by atoms with E-state index < -0.39 is 0 Å². The number of thiophene rings is 1. The fraction of sp³-hybridized carbons (Fsp3) is 0.312. The highest BCUT2D eigenvalue weighted by atomic mass is 35.5. The summed E-state index contributed by atoms with van der Waals surface area (Å²) in [5.41, 5.74) is 0.698. The smallest absolute Gasteiger partial charge is 0.164 e. The van der Waals surface area contributed by atoms with Gasteiger partial charge in [0.15, 0.2) is 5.78 Å². The Bertz CT molecular complexity index is 553. The molecule has 0 aliphatic rings. The van der Waals surface area contributed by atoms with Crippen molar-refractivity contribution >= 4 is 28.7 Å². The molecule has 0 saturated carbocycles. The van der Waals surface area contributed by atoms with E-state index in [-0.39, 0.29) is 5.78 Å². The van der Waals surface area contributed by atoms with Crippen LogP contribution in [0, 0.1) is 0 Å². The molecule has 0 spiro atoms. The molecule has 106 valence electrons. The van der Waals surface area contributed by atoms with Gasteiger partial charge in [-0.15, -0.1) is 11.3 Å². The molecule has 0 fully saturated rings. The minimum absolute atomic E-state index is 0.149. The summed E-state index contributed by atoms with van der Waals surface area (Å²) in [5, 5.41) is 2.71. The number of hydrogen-bond acceptors (Lipinski definition) is 3. The Morgan fingerprint density at radius 1 is 1.25 bits per heavy atom. The van der Waals surface area contributed by atoms with Crippen molar-refractivity contribution in [2.45, 2.75) is 12.8 Å². The van der Waals surface area contributed by atoms with E-state index in [1.54, 1.807) is 23.5 Å². The maximum absolute atomic E-state index is 12.1. The summed E-state index contributed by atoms with van der Waals surface area (Å²) in [4.78, 5) is 15.6. The van der Waals surface area contributed by atoms with E-state index in [1.165, 1.54) is 4.88 Å². The van der Waals surface area contributed by atoms with Crippen molar-refractivity contribution in [3.8, 4) is 0 Å². The highest BCUT2D eigenvalue weighted by molar-refractivity contribution is 7.09. The van der Waals surface area contributed by atoms with Gasteiger partial charge >= 0.3 is 0 Å². The monoisotopic (exact) mass is 307 g/mol. The van der Waals surface area contributed by atoms with Crippen LogP contribution in [0.4, 0.5) is 0 Å². The van der Waals surface area contributed by atoms with Crippen LogP contribution in [0.15, 0.2) is 41.8 Å². The predicted molar refractivity (Wildman–Crippen MR) is 85.9 cm³/mol. The largest absolute Gasteiger partial charge is 0.306 e. The Kier molecular flexibility index (Phi) is 5.77. The lowest BCUT2D eigenvalue weighted by Crippen LogP contribution is -2.24. The molecule has 1 aromatic carbocycles. The van der Waals surface area contributed by atoms with Gasteiger partial charge in [-0.25, -0.2) is 0 Å². The first-order chi connectivity index (χ1) is 9.65. The molecule has 20 heavy (non-hydrogen) atoms. The molecule has 0 amide bonds. The summed E-state index contributed by atoms with van der Waals surface area (Å²) in [7, 11) is 2.05. The summed E-state index contributed by atoms with van der Waals surface area (Å²) >= 11 is 7.68. The first-order valence-electron chi connectivity index (χ1n) is 6.65. The zero-order chi connectivity index (χ0) is 14.4. The van der Waals surface area contributed by atoms with Crippen LogP contribution in [0.5, 0.6) is 0 Å². The van der Waals surface area contributed by atoms with E-state index >= 15 is 0 Å². The molecule has 0 aliphatic heterocycles. The standard InChI is InChI=1S/C16H18ClNOS/c1-18(9-7-15-6-3-11-20-15)10-8-16(19)13-4-2-5-14(17)12-13/h2-6,11-12H,7-10H2,1H3. The average Bonchev–Trinajstić information content (AvgIpc) is 2.95. The fourth-order valence-corrected chi connectivity index (χ4v) is 2.85. The van der Waals surface area contributed by atoms with Crippen LogP contribution in [-0.2, 0) is 6.42 Å². The first kappa shape index (κ1) is 15.2. The first-order valence-corrected chi connectivity index (χ1v) is 7.90. The second-order valence-electron chi connectivity index (χ2n) is 4.82. The minimum Gasteiger partial charge on any atom is -0.306 e. The lowest BCUT2D eigenvalue weighted by atomic mass is 10.1. The summed E-state index contributed by atoms with van der Waals surface area (Å²) in [6.45, 7) is 1.75. The van der Waals surface area contributed by atoms with Crippen molar-refractivity contribution in [2.75, 3.05) is 20.1 Å². The molecule has 4 heteroatoms. The third kappa shape index (κ3) is 4.75. The number of halogens is 1. The Morgan fingerprint density at radius 3 is 2.80 bits per heavy atom. The van der Waals surface area contributed by atoms with Gasteiger partial charge in [0.2, 0.25) is 0 Å². The number of hydrogen-bond donors (Lipinski definition) is 0. The molecule has 0 atom stereocenters. The van der Waals surface area contributed by atoms with E-state index in [2.05, 4.69) is 29.5 Å². The minimum atomic E-state index is 0.149. The van der Waals surface area contributed by atoms with E-state index in [9.17, 15) is 4.79 Å². The summed E-state index contributed by atoms with van der Waals surface area (Å²) < 4.78 is 0. The van der Waals surface area contributed by atoms with Gasteiger partial charge in [0, 0.05) is 35.0 Å². The third-order valence-electron chi connectivity index (χ3n) is 3.19. The molecule has 2 rings (SSSR count). The van der Waals surface area contributed by atoms with Crippen LogP contribution in [0.25, 0.3) is 0 Å². The van der Waals surface area contributed by atoms with Crippen molar-refractivity contribution < 1.29 is 4.79 Å². The van der Waals surface area contributed by atoms with Crippen LogP contribution in [0.1, 0.15) is 21.7 Å². The Balaban J connectivity index is 1.75. The van der Waals surface area contributed by atoms with E-state index in [1.807, 2.05) is 12.1 Å². The van der Waals surface area contributed by atoms with Crippen molar-refractivity contribution in [2.24, 2.45) is 0 Å². The van der Waals surface area contributed by atoms with Crippen LogP contribution in [0.3, 0.4) is 0 Å². The van der Waals surface area contributed by atoms with E-state index in [0.717, 1.165) is 19.5 Å². The summed E-state index contributed by atoms with van der Waals surface area (Å²) in [6, 6.07) is 11.4. The summed E-state index contributed by atoms with van der Waals surface area (Å²) in [6.07, 6.45) is 1.57. The zero-order valence-corrected chi connectivity index (χ0v) is 13.1. The number of benzene rings is 1. The molecule has 0 N–H and O–H groups in total. The number of ketones is 1. The van der Waals surface area contributed by atoms with Gasteiger partial charge in [0.1, 0.15) is 0 Å². The molecule has 2 aromatic rings. The maximum atomic E-state index is 12.1. The van der Waals surface area contributed by atoms with Gasteiger partial charge < -0.3 is 4.90 Å². The van der Waals surface area contributed by atoms with Gasteiger partial charge in [-0.3, -0.25) is 4.79 Å². The highest BCUT2D eigenvalue weighted by Gasteiger charge is 2.08. The zero-order valence-electron chi connectivity index (χ0n) is 11.5. The van der Waals surface area contributed by atoms with Gasteiger partial charge in [0.25, 0.3) is 0 Å². The molecule has 0 unspecified atom stereocenters. The second kappa shape index (κ2) is 7.58. The third-order valence-corrected chi connectivity index (χ3v) is 4.36. The van der Waals surface area contributed by atoms with Gasteiger partial charge in [-0.2, -0.15) is 0 Å². The van der Waals surface area contributed by atoms with Gasteiger partial charge in [-0.05, 0) is 37.0 Å². The molecule has 0 aliphatic carbocycles. The highest BCUT2D eigenvalue weighted by Crippen LogP contribution is 2.13. The number of carbonyl (C=O) groups excluding carboxylic acids is 1. The summed E-state index contributed by atoms with van der Waals surface area (Å²) in [5.74, 6) is 0.149. The van der Waals surface area contributed by atoms with Gasteiger partial charge in [0.05, 0.1) is 0 Å². The van der Waals surface area contributed by atoms with Crippen LogP contribution in [0.2, 0.25) is 5.02 Å². The number of carbonyl (C=O) groups is 1. The lowest BCUT2D eigenvalue weighted by Gasteiger charge is -2.15. The van der Waals surface area contributed by atoms with E-state index in [4.69, 9.17) is 11.6 Å². The van der Waals surface area contributed by atoms with Crippen molar-refractivity contribution in [1.29, 1.82) is 0 Å². The number of Topliss-reactive ketones (excluding diaryl/α,β-unsaturated/α-hetero) is 1. The van der Waals surface area contributed by atoms with Crippen molar-refractivity contribution in [3.63, 3.8) is 0 Å². The molecule has 1 heterocycles. The van der Waals surface area contributed by atoms with Gasteiger partial charge in [-0.1, -0.05) is 29.8 Å². The molecule has 2 nitrogen and oxygen atoms in total. The normalized spacial score (nSPS) is 10.9. The Morgan fingerprint density at radius 2 is 2.10 bits per heavy atom. The lowest BCUT2D eigenvalue weighted by molar-refractivity contribution is 0.0969. The maximum Gasteiger partial charge on any atom is 0.164 e. The molecule has 0 saturated heterocycles. The molecule has 0 radical (unpaired) electrons. The molecule has 0 bridgehead atoms. The predicted octanol–water partition coefficient (Wildman–Crippen LogP) is 4.15. The quantitative estimate of drug-likeness (QED) is 0.716. The fourth-order valence-electron chi connectivity index (χ4n) is 1.97. The van der Waals surface area contributed by atoms with Crippen molar-refractivity contribution in [3.05, 3.63) is 57.2 Å². The molecule has 1 aromatic heterocycles. The van der Waals surface area contributed by atoms with Crippen molar-refractivity contribution in [1.82, 2.24) is 4.90 Å². The Labute approximate surface area is 129 Å². The Hall–Kier alpha value is -1.16. The van der Waals surface area contributed by atoms with Crippen LogP contribution >= 0.6 is 22.9 Å².